The number of aryl methyl sites for hydroxylation is 1. The molecule has 106 valence electrons. The zero-order valence-corrected chi connectivity index (χ0v) is 10.7. The van der Waals surface area contributed by atoms with E-state index in [-0.39, 0.29) is 13.2 Å². The van der Waals surface area contributed by atoms with E-state index in [1.165, 1.54) is 4.57 Å². The number of nitro groups is 1. The Balaban J connectivity index is 3.29. The lowest BCUT2D eigenvalue weighted by Gasteiger charge is -2.08. The summed E-state index contributed by atoms with van der Waals surface area (Å²) in [7, 11) is 0. The van der Waals surface area contributed by atoms with Gasteiger partial charge >= 0.3 is 16.9 Å². The van der Waals surface area contributed by atoms with Gasteiger partial charge in [-0.3, -0.25) is 24.0 Å². The van der Waals surface area contributed by atoms with Crippen molar-refractivity contribution in [3.8, 4) is 0 Å². The largest absolute Gasteiger partial charge is 0.396 e. The molecule has 0 aromatic carbocycles. The summed E-state index contributed by atoms with van der Waals surface area (Å²) < 4.78 is 2.04. The molecule has 1 aromatic heterocycles. The highest BCUT2D eigenvalue weighted by Gasteiger charge is 2.19. The number of unbranched alkanes of at least 4 members (excludes halogenated alkanes) is 1. The summed E-state index contributed by atoms with van der Waals surface area (Å²) in [5, 5.41) is 19.5. The fraction of sp³-hybridized carbons (Fsp3) is 0.636. The van der Waals surface area contributed by atoms with Gasteiger partial charge in [-0.25, -0.2) is 4.79 Å². The quantitative estimate of drug-likeness (QED) is 0.430. The first-order valence-corrected chi connectivity index (χ1v) is 6.12. The van der Waals surface area contributed by atoms with Gasteiger partial charge in [0.2, 0.25) is 0 Å². The van der Waals surface area contributed by atoms with Crippen molar-refractivity contribution < 1.29 is 10.0 Å². The van der Waals surface area contributed by atoms with Crippen LogP contribution >= 0.6 is 0 Å². The molecule has 1 N–H and O–H groups in total. The Morgan fingerprint density at radius 2 is 2.00 bits per heavy atom. The summed E-state index contributed by atoms with van der Waals surface area (Å²) >= 11 is 0. The van der Waals surface area contributed by atoms with Crippen molar-refractivity contribution in [2.75, 3.05) is 6.61 Å². The van der Waals surface area contributed by atoms with Crippen molar-refractivity contribution in [2.45, 2.75) is 39.3 Å². The maximum Gasteiger partial charge on any atom is 0.350 e. The van der Waals surface area contributed by atoms with Gasteiger partial charge in [-0.15, -0.1) is 0 Å². The van der Waals surface area contributed by atoms with Crippen LogP contribution in [0.5, 0.6) is 0 Å². The molecule has 0 aliphatic heterocycles. The minimum atomic E-state index is -0.889. The number of hydrogen-bond acceptors (Lipinski definition) is 5. The summed E-state index contributed by atoms with van der Waals surface area (Å²) in [5.41, 5.74) is -2.03. The van der Waals surface area contributed by atoms with Crippen LogP contribution in [-0.2, 0) is 13.1 Å². The van der Waals surface area contributed by atoms with E-state index in [2.05, 4.69) is 0 Å². The fourth-order valence-corrected chi connectivity index (χ4v) is 1.74. The Morgan fingerprint density at radius 1 is 1.32 bits per heavy atom. The van der Waals surface area contributed by atoms with E-state index < -0.39 is 21.9 Å². The van der Waals surface area contributed by atoms with Crippen LogP contribution in [0.25, 0.3) is 0 Å². The van der Waals surface area contributed by atoms with Gasteiger partial charge in [-0.2, -0.15) is 0 Å². The second-order valence-corrected chi connectivity index (χ2v) is 4.13. The first kappa shape index (κ1) is 15.1. The van der Waals surface area contributed by atoms with Crippen LogP contribution in [0.3, 0.4) is 0 Å². The molecule has 8 heteroatoms. The Morgan fingerprint density at radius 3 is 2.53 bits per heavy atom. The molecule has 0 saturated heterocycles. The SMILES string of the molecule is CCCn1cc([N+](=O)[O-])c(=O)n(CCCCO)c1=O. The van der Waals surface area contributed by atoms with Gasteiger partial charge < -0.3 is 5.11 Å². The second kappa shape index (κ2) is 6.83. The van der Waals surface area contributed by atoms with Crippen molar-refractivity contribution in [1.82, 2.24) is 9.13 Å². The molecule has 19 heavy (non-hydrogen) atoms. The average molecular weight is 271 g/mol. The predicted molar refractivity (Wildman–Crippen MR) is 68.2 cm³/mol. The molecule has 1 aromatic rings. The Kier molecular flexibility index (Phi) is 5.43. The molecule has 0 aliphatic carbocycles. The Hall–Kier alpha value is -1.96. The molecular weight excluding hydrogens is 254 g/mol. The predicted octanol–water partition coefficient (Wildman–Crippen LogP) is 0.101. The smallest absolute Gasteiger partial charge is 0.350 e. The molecule has 8 nitrogen and oxygen atoms in total. The van der Waals surface area contributed by atoms with E-state index in [1.807, 2.05) is 6.92 Å². The zero-order chi connectivity index (χ0) is 14.4. The second-order valence-electron chi connectivity index (χ2n) is 4.13. The maximum atomic E-state index is 12.0. The highest BCUT2D eigenvalue weighted by atomic mass is 16.6. The molecule has 0 amide bonds. The van der Waals surface area contributed by atoms with Crippen LogP contribution in [-0.4, -0.2) is 25.8 Å². The van der Waals surface area contributed by atoms with Crippen molar-refractivity contribution in [1.29, 1.82) is 0 Å². The van der Waals surface area contributed by atoms with Crippen molar-refractivity contribution in [3.63, 3.8) is 0 Å². The highest BCUT2D eigenvalue weighted by Crippen LogP contribution is 2.02. The Bertz CT molecular complexity index is 560. The van der Waals surface area contributed by atoms with Gasteiger partial charge in [0.1, 0.15) is 0 Å². The number of aliphatic hydroxyl groups is 1. The van der Waals surface area contributed by atoms with Gasteiger partial charge in [0, 0.05) is 19.7 Å². The lowest BCUT2D eigenvalue weighted by molar-refractivity contribution is -0.387. The van der Waals surface area contributed by atoms with E-state index in [9.17, 15) is 19.7 Å². The molecule has 0 bridgehead atoms. The van der Waals surface area contributed by atoms with E-state index in [0.29, 0.717) is 25.8 Å². The van der Waals surface area contributed by atoms with Crippen LogP contribution in [0, 0.1) is 10.1 Å². The summed E-state index contributed by atoms with van der Waals surface area (Å²) in [4.78, 5) is 33.8. The maximum absolute atomic E-state index is 12.0. The normalized spacial score (nSPS) is 10.6. The van der Waals surface area contributed by atoms with Gasteiger partial charge in [0.05, 0.1) is 11.1 Å². The molecule has 0 spiro atoms. The van der Waals surface area contributed by atoms with Gasteiger partial charge in [-0.05, 0) is 19.3 Å². The molecule has 0 saturated carbocycles. The fourth-order valence-electron chi connectivity index (χ4n) is 1.74. The summed E-state index contributed by atoms with van der Waals surface area (Å²) in [6.45, 7) is 2.18. The lowest BCUT2D eigenvalue weighted by Crippen LogP contribution is -2.40. The minimum absolute atomic E-state index is 0.0488. The van der Waals surface area contributed by atoms with Crippen molar-refractivity contribution >= 4 is 5.69 Å². The van der Waals surface area contributed by atoms with E-state index in [1.54, 1.807) is 0 Å². The molecule has 0 aliphatic rings. The third-order valence-electron chi connectivity index (χ3n) is 2.67. The van der Waals surface area contributed by atoms with Crippen molar-refractivity contribution in [3.05, 3.63) is 37.1 Å². The summed E-state index contributed by atoms with van der Waals surface area (Å²) in [6, 6.07) is 0. The number of rotatable bonds is 7. The minimum Gasteiger partial charge on any atom is -0.396 e. The van der Waals surface area contributed by atoms with Crippen LogP contribution < -0.4 is 11.2 Å². The molecular formula is C11H17N3O5. The summed E-state index contributed by atoms with van der Waals surface area (Å²) in [5.74, 6) is 0. The Labute approximate surface area is 109 Å². The topological polar surface area (TPSA) is 107 Å². The standard InChI is InChI=1S/C11H17N3O5/c1-2-5-12-8-9(14(18)19)10(16)13(11(12)17)6-3-4-7-15/h8,15H,2-7H2,1H3. The number of hydrogen-bond donors (Lipinski definition) is 1. The average Bonchev–Trinajstić information content (AvgIpc) is 2.36. The molecule has 0 unspecified atom stereocenters. The van der Waals surface area contributed by atoms with Crippen LogP contribution in [0.15, 0.2) is 15.8 Å². The van der Waals surface area contributed by atoms with Crippen LogP contribution in [0.2, 0.25) is 0 Å². The molecule has 0 atom stereocenters. The molecule has 0 fully saturated rings. The van der Waals surface area contributed by atoms with Crippen molar-refractivity contribution in [2.24, 2.45) is 0 Å². The highest BCUT2D eigenvalue weighted by molar-refractivity contribution is 5.21. The molecule has 0 radical (unpaired) electrons. The first-order valence-electron chi connectivity index (χ1n) is 6.12. The van der Waals surface area contributed by atoms with Crippen LogP contribution in [0.4, 0.5) is 5.69 Å². The molecule has 1 heterocycles. The number of aliphatic hydroxyl groups excluding tert-OH is 1. The van der Waals surface area contributed by atoms with E-state index in [0.717, 1.165) is 10.8 Å². The monoisotopic (exact) mass is 271 g/mol. The summed E-state index contributed by atoms with van der Waals surface area (Å²) in [6.07, 6.45) is 2.48. The van der Waals surface area contributed by atoms with E-state index >= 15 is 0 Å². The number of aromatic nitrogens is 2. The zero-order valence-electron chi connectivity index (χ0n) is 10.7. The van der Waals surface area contributed by atoms with Gasteiger partial charge in [0.25, 0.3) is 0 Å². The third kappa shape index (κ3) is 3.50. The molecule has 1 rings (SSSR count). The third-order valence-corrected chi connectivity index (χ3v) is 2.67. The lowest BCUT2D eigenvalue weighted by atomic mass is 10.3. The van der Waals surface area contributed by atoms with Gasteiger partial charge in [0.15, 0.2) is 0 Å². The number of nitrogens with zero attached hydrogens (tertiary/aromatic N) is 3. The van der Waals surface area contributed by atoms with E-state index in [4.69, 9.17) is 5.11 Å². The van der Waals surface area contributed by atoms with Crippen LogP contribution in [0.1, 0.15) is 26.2 Å². The van der Waals surface area contributed by atoms with Gasteiger partial charge in [-0.1, -0.05) is 6.92 Å². The first-order chi connectivity index (χ1) is 9.02.